The molecule has 4 aromatic rings. The monoisotopic (exact) mass is 438 g/mol. The number of halogens is 3. The highest BCUT2D eigenvalue weighted by Crippen LogP contribution is 2.31. The molecule has 0 N–H and O–H groups in total. The van der Waals surface area contributed by atoms with Crippen molar-refractivity contribution in [2.24, 2.45) is 0 Å². The van der Waals surface area contributed by atoms with Crippen molar-refractivity contribution >= 4 is 0 Å². The Hall–Kier alpha value is -3.62. The van der Waals surface area contributed by atoms with Crippen molar-refractivity contribution < 1.29 is 13.2 Å². The lowest BCUT2D eigenvalue weighted by molar-refractivity contribution is -0.141. The normalized spacial score (nSPS) is 12.2. The van der Waals surface area contributed by atoms with E-state index in [9.17, 15) is 13.2 Å². The fourth-order valence-corrected chi connectivity index (χ4v) is 3.41. The molecule has 0 aliphatic heterocycles. The van der Waals surface area contributed by atoms with Gasteiger partial charge in [-0.3, -0.25) is 4.98 Å². The number of alkyl halides is 3. The van der Waals surface area contributed by atoms with E-state index >= 15 is 0 Å². The topological polar surface area (TPSA) is 69.4 Å². The zero-order valence-electron chi connectivity index (χ0n) is 18.0. The summed E-state index contributed by atoms with van der Waals surface area (Å²) in [5.41, 5.74) is 2.11. The molecule has 4 rings (SSSR count). The second-order valence-corrected chi connectivity index (χ2v) is 8.00. The lowest BCUT2D eigenvalue weighted by Gasteiger charge is -2.24. The molecule has 0 aliphatic rings. The van der Waals surface area contributed by atoms with Crippen LogP contribution >= 0.6 is 0 Å². The van der Waals surface area contributed by atoms with Crippen LogP contribution in [0.4, 0.5) is 13.2 Å². The van der Waals surface area contributed by atoms with Crippen LogP contribution in [-0.2, 0) is 11.6 Å². The molecule has 164 valence electrons. The highest BCUT2D eigenvalue weighted by atomic mass is 19.4. The van der Waals surface area contributed by atoms with Crippen LogP contribution in [0.1, 0.15) is 42.4 Å². The summed E-state index contributed by atoms with van der Waals surface area (Å²) in [6.07, 6.45) is -3.26. The Kier molecular flexibility index (Phi) is 5.28. The quantitative estimate of drug-likeness (QED) is 0.444. The van der Waals surface area contributed by atoms with E-state index in [4.69, 9.17) is 4.98 Å². The van der Waals surface area contributed by atoms with Gasteiger partial charge in [0.25, 0.3) is 0 Å². The van der Waals surface area contributed by atoms with Gasteiger partial charge >= 0.3 is 6.18 Å². The molecule has 0 aliphatic carbocycles. The third kappa shape index (κ3) is 4.23. The van der Waals surface area contributed by atoms with Crippen molar-refractivity contribution in [3.8, 4) is 17.2 Å². The maximum atomic E-state index is 12.9. The molecule has 0 saturated heterocycles. The number of rotatable bonds is 4. The molecule has 0 aromatic carbocycles. The Morgan fingerprint density at radius 3 is 2.09 bits per heavy atom. The van der Waals surface area contributed by atoms with Crippen LogP contribution in [0.5, 0.6) is 0 Å². The van der Waals surface area contributed by atoms with Gasteiger partial charge in [0.1, 0.15) is 5.82 Å². The predicted octanol–water partition coefficient (Wildman–Crippen LogP) is 5.08. The van der Waals surface area contributed by atoms with E-state index in [1.54, 1.807) is 12.1 Å². The molecular formula is C23H21F3N6. The van der Waals surface area contributed by atoms with Gasteiger partial charge in [-0.1, -0.05) is 12.1 Å². The Morgan fingerprint density at radius 2 is 1.44 bits per heavy atom. The molecule has 4 aromatic heterocycles. The number of aryl methyl sites for hydroxylation is 2. The summed E-state index contributed by atoms with van der Waals surface area (Å²) >= 11 is 0. The number of pyridine rings is 2. The van der Waals surface area contributed by atoms with Crippen LogP contribution in [0.25, 0.3) is 17.2 Å². The summed E-state index contributed by atoms with van der Waals surface area (Å²) in [6, 6.07) is 13.7. The summed E-state index contributed by atoms with van der Waals surface area (Å²) in [5.74, 6) is 0.961. The van der Waals surface area contributed by atoms with Crippen molar-refractivity contribution in [1.29, 1.82) is 0 Å². The van der Waals surface area contributed by atoms with E-state index in [1.807, 2.05) is 58.0 Å². The Morgan fingerprint density at radius 1 is 0.750 bits per heavy atom. The summed E-state index contributed by atoms with van der Waals surface area (Å²) in [5, 5.41) is 3.62. The summed E-state index contributed by atoms with van der Waals surface area (Å²) < 4.78 is 39.9. The molecule has 0 atom stereocenters. The van der Waals surface area contributed by atoms with Gasteiger partial charge in [-0.2, -0.15) is 18.3 Å². The number of hydrogen-bond acceptors (Lipinski definition) is 5. The smallest absolute Gasteiger partial charge is 0.250 e. The molecule has 0 unspecified atom stereocenters. The average molecular weight is 438 g/mol. The molecule has 9 heteroatoms. The zero-order valence-corrected chi connectivity index (χ0v) is 18.0. The number of hydrogen-bond donors (Lipinski definition) is 0. The van der Waals surface area contributed by atoms with E-state index in [1.165, 1.54) is 6.20 Å². The third-order valence-corrected chi connectivity index (χ3v) is 5.11. The van der Waals surface area contributed by atoms with E-state index in [2.05, 4.69) is 20.1 Å². The van der Waals surface area contributed by atoms with Crippen molar-refractivity contribution in [1.82, 2.24) is 29.7 Å². The van der Waals surface area contributed by atoms with Crippen molar-refractivity contribution in [3.63, 3.8) is 0 Å². The van der Waals surface area contributed by atoms with E-state index in [-0.39, 0.29) is 0 Å². The van der Waals surface area contributed by atoms with Crippen molar-refractivity contribution in [2.45, 2.75) is 39.3 Å². The third-order valence-electron chi connectivity index (χ3n) is 5.11. The van der Waals surface area contributed by atoms with Gasteiger partial charge in [-0.15, -0.1) is 0 Å². The standard InChI is InChI=1S/C23H21F3N6/c1-14-13-17(28-15(2)27-14)16-7-5-8-18(29-16)22(3,4)19-9-6-10-21(30-19)32-12-11-20(31-32)23(24,25)26/h5-13H,1-4H3. The van der Waals surface area contributed by atoms with Crippen molar-refractivity contribution in [2.75, 3.05) is 0 Å². The van der Waals surface area contributed by atoms with Gasteiger partial charge in [-0.25, -0.2) is 19.6 Å². The molecule has 0 fully saturated rings. The van der Waals surface area contributed by atoms with Gasteiger partial charge in [0.2, 0.25) is 0 Å². The second kappa shape index (κ2) is 7.81. The van der Waals surface area contributed by atoms with E-state index < -0.39 is 17.3 Å². The fraction of sp³-hybridized carbons (Fsp3) is 0.261. The van der Waals surface area contributed by atoms with Crippen LogP contribution < -0.4 is 0 Å². The fourth-order valence-electron chi connectivity index (χ4n) is 3.41. The van der Waals surface area contributed by atoms with E-state index in [0.29, 0.717) is 23.0 Å². The lowest BCUT2D eigenvalue weighted by atomic mass is 9.84. The van der Waals surface area contributed by atoms with Gasteiger partial charge in [0, 0.05) is 17.3 Å². The van der Waals surface area contributed by atoms with Gasteiger partial charge in [0.05, 0.1) is 22.8 Å². The Balaban J connectivity index is 1.71. The summed E-state index contributed by atoms with van der Waals surface area (Å²) in [7, 11) is 0. The average Bonchev–Trinajstić information content (AvgIpc) is 3.24. The Bertz CT molecular complexity index is 1260. The molecule has 6 nitrogen and oxygen atoms in total. The first kappa shape index (κ1) is 21.6. The minimum Gasteiger partial charge on any atom is -0.250 e. The zero-order chi connectivity index (χ0) is 23.1. The first-order valence-corrected chi connectivity index (χ1v) is 9.95. The summed E-state index contributed by atoms with van der Waals surface area (Å²) in [6.45, 7) is 7.66. The highest BCUT2D eigenvalue weighted by Gasteiger charge is 2.34. The molecule has 0 radical (unpaired) electrons. The van der Waals surface area contributed by atoms with Crippen LogP contribution in [0, 0.1) is 13.8 Å². The number of aromatic nitrogens is 6. The maximum Gasteiger partial charge on any atom is 0.435 e. The first-order chi connectivity index (χ1) is 15.0. The molecule has 0 bridgehead atoms. The highest BCUT2D eigenvalue weighted by molar-refractivity contribution is 5.55. The van der Waals surface area contributed by atoms with E-state index in [0.717, 1.165) is 27.8 Å². The van der Waals surface area contributed by atoms with Crippen molar-refractivity contribution in [3.05, 3.63) is 83.3 Å². The first-order valence-electron chi connectivity index (χ1n) is 9.95. The van der Waals surface area contributed by atoms with Crippen LogP contribution in [0.2, 0.25) is 0 Å². The molecule has 0 spiro atoms. The maximum absolute atomic E-state index is 12.9. The molecule has 0 saturated carbocycles. The molecule has 0 amide bonds. The minimum absolute atomic E-state index is 0.296. The van der Waals surface area contributed by atoms with Crippen LogP contribution in [0.15, 0.2) is 54.7 Å². The lowest BCUT2D eigenvalue weighted by Crippen LogP contribution is -2.23. The predicted molar refractivity (Wildman–Crippen MR) is 113 cm³/mol. The van der Waals surface area contributed by atoms with Crippen LogP contribution in [-0.4, -0.2) is 29.7 Å². The number of nitrogens with zero attached hydrogens (tertiary/aromatic N) is 6. The molecule has 32 heavy (non-hydrogen) atoms. The second-order valence-electron chi connectivity index (χ2n) is 8.00. The van der Waals surface area contributed by atoms with Crippen LogP contribution in [0.3, 0.4) is 0 Å². The largest absolute Gasteiger partial charge is 0.435 e. The molecule has 4 heterocycles. The summed E-state index contributed by atoms with van der Waals surface area (Å²) in [4.78, 5) is 18.2. The Labute approximate surface area is 183 Å². The minimum atomic E-state index is -4.51. The SMILES string of the molecule is Cc1cc(-c2cccc(C(C)(C)c3cccc(-n4ccc(C(F)(F)F)n4)n3)n2)nc(C)n1. The van der Waals surface area contributed by atoms with Gasteiger partial charge in [0.15, 0.2) is 11.5 Å². The molecular weight excluding hydrogens is 417 g/mol. The van der Waals surface area contributed by atoms with Gasteiger partial charge in [-0.05, 0) is 64.1 Å². The van der Waals surface area contributed by atoms with Gasteiger partial charge < -0.3 is 0 Å².